The van der Waals surface area contributed by atoms with Crippen LogP contribution in [0, 0.1) is 0 Å². The number of nitrogens with zero attached hydrogens (tertiary/aromatic N) is 1. The zero-order valence-corrected chi connectivity index (χ0v) is 9.74. The Morgan fingerprint density at radius 2 is 1.80 bits per heavy atom. The van der Waals surface area contributed by atoms with Gasteiger partial charge in [0.05, 0.1) is 5.56 Å². The molecule has 3 heteroatoms. The van der Waals surface area contributed by atoms with Crippen molar-refractivity contribution in [3.05, 3.63) is 29.8 Å². The van der Waals surface area contributed by atoms with Crippen molar-refractivity contribution in [2.24, 2.45) is 5.73 Å². The number of nitrogens with two attached hydrogens (primary N) is 1. The van der Waals surface area contributed by atoms with Crippen LogP contribution >= 0.6 is 0 Å². The highest BCUT2D eigenvalue weighted by Gasteiger charge is 2.20. The van der Waals surface area contributed by atoms with Crippen LogP contribution in [0.15, 0.2) is 24.3 Å². The zero-order chi connectivity index (χ0) is 11.6. The summed E-state index contributed by atoms with van der Waals surface area (Å²) < 4.78 is 0. The lowest BCUT2D eigenvalue weighted by Gasteiger charge is -2.35. The Bertz CT molecular complexity index is 366. The SMILES string of the molecule is CN(c1ccccc1C(N)=O)C(C)(C)C. The van der Waals surface area contributed by atoms with Crippen molar-refractivity contribution in [2.45, 2.75) is 26.3 Å². The molecule has 0 bridgehead atoms. The van der Waals surface area contributed by atoms with E-state index in [1.807, 2.05) is 30.1 Å². The Balaban J connectivity index is 3.19. The average molecular weight is 206 g/mol. The number of amides is 1. The van der Waals surface area contributed by atoms with Gasteiger partial charge in [0.25, 0.3) is 5.91 Å². The average Bonchev–Trinajstić information content (AvgIpc) is 2.15. The number of rotatable bonds is 2. The number of hydrogen-bond acceptors (Lipinski definition) is 2. The first kappa shape index (κ1) is 11.6. The largest absolute Gasteiger partial charge is 0.369 e. The molecule has 1 aromatic carbocycles. The van der Waals surface area contributed by atoms with Crippen LogP contribution in [0.1, 0.15) is 31.1 Å². The molecular weight excluding hydrogens is 188 g/mol. The molecule has 82 valence electrons. The molecule has 15 heavy (non-hydrogen) atoms. The number of benzene rings is 1. The minimum atomic E-state index is -0.387. The molecule has 2 N–H and O–H groups in total. The van der Waals surface area contributed by atoms with Crippen LogP contribution in [-0.2, 0) is 0 Å². The molecule has 0 heterocycles. The van der Waals surface area contributed by atoms with E-state index in [1.54, 1.807) is 6.07 Å². The molecule has 0 fully saturated rings. The van der Waals surface area contributed by atoms with Crippen molar-refractivity contribution < 1.29 is 4.79 Å². The van der Waals surface area contributed by atoms with Gasteiger partial charge in [-0.25, -0.2) is 0 Å². The molecule has 0 aliphatic rings. The maximum Gasteiger partial charge on any atom is 0.250 e. The van der Waals surface area contributed by atoms with Crippen molar-refractivity contribution in [3.63, 3.8) is 0 Å². The van der Waals surface area contributed by atoms with Crippen molar-refractivity contribution in [2.75, 3.05) is 11.9 Å². The summed E-state index contributed by atoms with van der Waals surface area (Å²) in [6.07, 6.45) is 0. The van der Waals surface area contributed by atoms with Gasteiger partial charge in [0, 0.05) is 18.3 Å². The Kier molecular flexibility index (Phi) is 3.03. The summed E-state index contributed by atoms with van der Waals surface area (Å²) in [5.74, 6) is -0.387. The number of hydrogen-bond donors (Lipinski definition) is 1. The van der Waals surface area contributed by atoms with E-state index >= 15 is 0 Å². The zero-order valence-electron chi connectivity index (χ0n) is 9.74. The molecule has 0 unspecified atom stereocenters. The third-order valence-electron chi connectivity index (χ3n) is 2.54. The van der Waals surface area contributed by atoms with Crippen molar-refractivity contribution in [1.82, 2.24) is 0 Å². The quantitative estimate of drug-likeness (QED) is 0.804. The van der Waals surface area contributed by atoms with Gasteiger partial charge in [-0.15, -0.1) is 0 Å². The molecule has 0 atom stereocenters. The van der Waals surface area contributed by atoms with Gasteiger partial charge in [-0.3, -0.25) is 4.79 Å². The molecule has 3 nitrogen and oxygen atoms in total. The number of carbonyl (C=O) groups excluding carboxylic acids is 1. The van der Waals surface area contributed by atoms with Crippen LogP contribution in [0.3, 0.4) is 0 Å². The van der Waals surface area contributed by atoms with Gasteiger partial charge in [-0.2, -0.15) is 0 Å². The predicted octanol–water partition coefficient (Wildman–Crippen LogP) is 2.02. The lowest BCUT2D eigenvalue weighted by molar-refractivity contribution is 0.100. The standard InChI is InChI=1S/C12H18N2O/c1-12(2,3)14(4)10-8-6-5-7-9(10)11(13)15/h5-8H,1-4H3,(H2,13,15). The minimum absolute atomic E-state index is 0.0362. The molecule has 0 aliphatic heterocycles. The second-order valence-corrected chi connectivity index (χ2v) is 4.61. The highest BCUT2D eigenvalue weighted by Crippen LogP contribution is 2.25. The normalized spacial score (nSPS) is 11.2. The van der Waals surface area contributed by atoms with Crippen LogP contribution in [0.25, 0.3) is 0 Å². The van der Waals surface area contributed by atoms with Crippen LogP contribution in [0.4, 0.5) is 5.69 Å². The van der Waals surface area contributed by atoms with Gasteiger partial charge in [0.1, 0.15) is 0 Å². The monoisotopic (exact) mass is 206 g/mol. The third-order valence-corrected chi connectivity index (χ3v) is 2.54. The molecule has 1 rings (SSSR count). The van der Waals surface area contributed by atoms with E-state index in [4.69, 9.17) is 5.73 Å². The van der Waals surface area contributed by atoms with E-state index in [0.29, 0.717) is 5.56 Å². The molecule has 0 aromatic heterocycles. The second-order valence-electron chi connectivity index (χ2n) is 4.61. The molecular formula is C12H18N2O. The first-order valence-electron chi connectivity index (χ1n) is 4.96. The fraction of sp³-hybridized carbons (Fsp3) is 0.417. The van der Waals surface area contributed by atoms with Gasteiger partial charge in [0.2, 0.25) is 0 Å². The number of carbonyl (C=O) groups is 1. The van der Waals surface area contributed by atoms with Crippen molar-refractivity contribution >= 4 is 11.6 Å². The second kappa shape index (κ2) is 3.93. The van der Waals surface area contributed by atoms with E-state index in [-0.39, 0.29) is 11.4 Å². The number of primary amides is 1. The van der Waals surface area contributed by atoms with Crippen LogP contribution in [0.2, 0.25) is 0 Å². The maximum atomic E-state index is 11.2. The lowest BCUT2D eigenvalue weighted by Crippen LogP contribution is -2.39. The fourth-order valence-electron chi connectivity index (χ4n) is 1.34. The molecule has 0 saturated heterocycles. The van der Waals surface area contributed by atoms with Crippen LogP contribution in [0.5, 0.6) is 0 Å². The summed E-state index contributed by atoms with van der Waals surface area (Å²) >= 11 is 0. The summed E-state index contributed by atoms with van der Waals surface area (Å²) in [6.45, 7) is 6.26. The lowest BCUT2D eigenvalue weighted by atomic mass is 10.0. The summed E-state index contributed by atoms with van der Waals surface area (Å²) in [6, 6.07) is 7.38. The van der Waals surface area contributed by atoms with Gasteiger partial charge in [-0.05, 0) is 32.9 Å². The van der Waals surface area contributed by atoms with Gasteiger partial charge in [-0.1, -0.05) is 12.1 Å². The van der Waals surface area contributed by atoms with E-state index in [9.17, 15) is 4.79 Å². The van der Waals surface area contributed by atoms with Crippen LogP contribution < -0.4 is 10.6 Å². The van der Waals surface area contributed by atoms with Crippen LogP contribution in [-0.4, -0.2) is 18.5 Å². The van der Waals surface area contributed by atoms with Gasteiger partial charge in [0.15, 0.2) is 0 Å². The Labute approximate surface area is 90.9 Å². The third kappa shape index (κ3) is 2.49. The topological polar surface area (TPSA) is 46.3 Å². The maximum absolute atomic E-state index is 11.2. The number of para-hydroxylation sites is 1. The molecule has 0 spiro atoms. The first-order valence-corrected chi connectivity index (χ1v) is 4.96. The van der Waals surface area contributed by atoms with Gasteiger partial charge >= 0.3 is 0 Å². The molecule has 0 radical (unpaired) electrons. The Morgan fingerprint density at radius 3 is 2.27 bits per heavy atom. The Morgan fingerprint density at radius 1 is 1.27 bits per heavy atom. The predicted molar refractivity (Wildman–Crippen MR) is 63.1 cm³/mol. The molecule has 0 aliphatic carbocycles. The smallest absolute Gasteiger partial charge is 0.250 e. The summed E-state index contributed by atoms with van der Waals surface area (Å²) in [7, 11) is 1.96. The Hall–Kier alpha value is -1.51. The molecule has 1 amide bonds. The molecule has 0 saturated carbocycles. The number of anilines is 1. The van der Waals surface area contributed by atoms with Crippen molar-refractivity contribution in [3.8, 4) is 0 Å². The summed E-state index contributed by atoms with van der Waals surface area (Å²) in [5.41, 5.74) is 6.73. The highest BCUT2D eigenvalue weighted by atomic mass is 16.1. The van der Waals surface area contributed by atoms with E-state index in [0.717, 1.165) is 5.69 Å². The summed E-state index contributed by atoms with van der Waals surface area (Å²) in [5, 5.41) is 0. The van der Waals surface area contributed by atoms with E-state index in [2.05, 4.69) is 20.8 Å². The first-order chi connectivity index (χ1) is 6.84. The van der Waals surface area contributed by atoms with E-state index in [1.165, 1.54) is 0 Å². The van der Waals surface area contributed by atoms with Crippen molar-refractivity contribution in [1.29, 1.82) is 0 Å². The van der Waals surface area contributed by atoms with Gasteiger partial charge < -0.3 is 10.6 Å². The fourth-order valence-corrected chi connectivity index (χ4v) is 1.34. The summed E-state index contributed by atoms with van der Waals surface area (Å²) in [4.78, 5) is 13.3. The highest BCUT2D eigenvalue weighted by molar-refractivity contribution is 5.98. The minimum Gasteiger partial charge on any atom is -0.369 e. The van der Waals surface area contributed by atoms with E-state index < -0.39 is 0 Å². The molecule has 1 aromatic rings.